The zero-order chi connectivity index (χ0) is 16.4. The number of carbonyl (C=O) groups is 3. The first kappa shape index (κ1) is 14.7. The lowest BCUT2D eigenvalue weighted by Gasteiger charge is -2.12. The quantitative estimate of drug-likeness (QED) is 0.526. The fourth-order valence-corrected chi connectivity index (χ4v) is 2.36. The number of amides is 3. The molecule has 2 heterocycles. The summed E-state index contributed by atoms with van der Waals surface area (Å²) in [5.41, 5.74) is 4.04. The molecule has 1 aliphatic rings. The Bertz CT molecular complexity index is 860. The highest BCUT2D eigenvalue weighted by atomic mass is 16.2. The van der Waals surface area contributed by atoms with E-state index in [-0.39, 0.29) is 18.0 Å². The molecule has 2 aromatic rings. The monoisotopic (exact) mass is 315 g/mol. The van der Waals surface area contributed by atoms with E-state index in [9.17, 15) is 19.2 Å². The summed E-state index contributed by atoms with van der Waals surface area (Å²) in [7, 11) is 0. The Hall–Kier alpha value is -3.23. The smallest absolute Gasteiger partial charge is 0.290 e. The Balaban J connectivity index is 1.74. The van der Waals surface area contributed by atoms with Crippen molar-refractivity contribution in [2.75, 3.05) is 0 Å². The van der Waals surface area contributed by atoms with Crippen molar-refractivity contribution in [1.82, 2.24) is 26.4 Å². The second kappa shape index (κ2) is 5.87. The third-order valence-corrected chi connectivity index (χ3v) is 3.52. The fraction of sp³-hybridized carbons (Fsp3) is 0.214. The lowest BCUT2D eigenvalue weighted by Crippen LogP contribution is -2.49. The molecule has 9 nitrogen and oxygen atoms in total. The number of nitrogens with one attached hydrogen (secondary N) is 4. The minimum absolute atomic E-state index is 0.0176. The molecule has 0 spiro atoms. The van der Waals surface area contributed by atoms with Gasteiger partial charge in [0.1, 0.15) is 6.04 Å². The number of hydrogen-bond donors (Lipinski definition) is 4. The Morgan fingerprint density at radius 2 is 1.87 bits per heavy atom. The number of aromatic nitrogens is 2. The maximum atomic E-state index is 12.2. The van der Waals surface area contributed by atoms with Crippen LogP contribution in [0.5, 0.6) is 0 Å². The molecule has 4 N–H and O–H groups in total. The molecule has 1 aromatic heterocycles. The summed E-state index contributed by atoms with van der Waals surface area (Å²) in [5, 5.41) is 9.14. The molecule has 1 aliphatic heterocycles. The van der Waals surface area contributed by atoms with Gasteiger partial charge in [-0.25, -0.2) is 5.10 Å². The summed E-state index contributed by atoms with van der Waals surface area (Å²) < 4.78 is 0. The van der Waals surface area contributed by atoms with Crippen LogP contribution in [0.4, 0.5) is 0 Å². The van der Waals surface area contributed by atoms with Crippen LogP contribution >= 0.6 is 0 Å². The molecule has 1 atom stereocenters. The van der Waals surface area contributed by atoms with Gasteiger partial charge in [0.05, 0.1) is 5.39 Å². The second-order valence-electron chi connectivity index (χ2n) is 5.05. The van der Waals surface area contributed by atoms with Gasteiger partial charge in [-0.3, -0.25) is 30.0 Å². The molecule has 9 heteroatoms. The van der Waals surface area contributed by atoms with Crippen LogP contribution in [0.2, 0.25) is 0 Å². The first-order chi connectivity index (χ1) is 11.1. The first-order valence-corrected chi connectivity index (χ1v) is 6.93. The van der Waals surface area contributed by atoms with Gasteiger partial charge in [-0.05, 0) is 12.5 Å². The molecule has 3 rings (SSSR count). The van der Waals surface area contributed by atoms with Crippen molar-refractivity contribution in [3.05, 3.63) is 40.3 Å². The third-order valence-electron chi connectivity index (χ3n) is 3.52. The van der Waals surface area contributed by atoms with E-state index in [1.165, 1.54) is 0 Å². The molecule has 23 heavy (non-hydrogen) atoms. The maximum Gasteiger partial charge on any atom is 0.290 e. The number of H-pyrrole nitrogens is 1. The summed E-state index contributed by atoms with van der Waals surface area (Å²) in [4.78, 5) is 46.7. The van der Waals surface area contributed by atoms with Gasteiger partial charge in [0.2, 0.25) is 5.91 Å². The molecular weight excluding hydrogens is 302 g/mol. The Kier molecular flexibility index (Phi) is 3.75. The highest BCUT2D eigenvalue weighted by molar-refractivity contribution is 6.05. The SMILES string of the molecule is O=C1CC[C@@H](C(=O)NNC(=O)c2n[nH]c(=O)c3ccccc23)N1. The predicted octanol–water partition coefficient (Wildman–Crippen LogP) is -1.04. The zero-order valence-electron chi connectivity index (χ0n) is 11.9. The van der Waals surface area contributed by atoms with Gasteiger partial charge in [0.15, 0.2) is 5.69 Å². The number of carbonyl (C=O) groups excluding carboxylic acids is 3. The number of hydrazine groups is 1. The van der Waals surface area contributed by atoms with E-state index in [1.807, 2.05) is 0 Å². The Morgan fingerprint density at radius 1 is 1.13 bits per heavy atom. The minimum Gasteiger partial charge on any atom is -0.344 e. The number of benzene rings is 1. The average molecular weight is 315 g/mol. The lowest BCUT2D eigenvalue weighted by atomic mass is 10.1. The molecule has 0 radical (unpaired) electrons. The lowest BCUT2D eigenvalue weighted by molar-refractivity contribution is -0.126. The summed E-state index contributed by atoms with van der Waals surface area (Å²) in [5.74, 6) is -1.39. The second-order valence-corrected chi connectivity index (χ2v) is 5.05. The summed E-state index contributed by atoms with van der Waals surface area (Å²) in [6.07, 6.45) is 0.651. The van der Waals surface area contributed by atoms with Crippen LogP contribution in [0.15, 0.2) is 29.1 Å². The predicted molar refractivity (Wildman–Crippen MR) is 79.1 cm³/mol. The molecule has 0 unspecified atom stereocenters. The van der Waals surface area contributed by atoms with E-state index < -0.39 is 23.4 Å². The summed E-state index contributed by atoms with van der Waals surface area (Å²) in [6, 6.07) is 5.84. The van der Waals surface area contributed by atoms with Gasteiger partial charge in [-0.2, -0.15) is 5.10 Å². The normalized spacial score (nSPS) is 16.9. The first-order valence-electron chi connectivity index (χ1n) is 6.93. The minimum atomic E-state index is -0.671. The standard InChI is InChI=1S/C14H13N5O4/c20-10-6-5-9(15-10)13(22)18-19-14(23)11-7-3-1-2-4-8(7)12(21)17-16-11/h1-4,9H,5-6H2,(H,15,20)(H,17,21)(H,18,22)(H,19,23)/t9-/m0/s1. The van der Waals surface area contributed by atoms with E-state index >= 15 is 0 Å². The van der Waals surface area contributed by atoms with Crippen LogP contribution < -0.4 is 21.7 Å². The van der Waals surface area contributed by atoms with Crippen molar-refractivity contribution >= 4 is 28.5 Å². The number of aromatic amines is 1. The molecule has 1 aromatic carbocycles. The van der Waals surface area contributed by atoms with E-state index in [0.717, 1.165) is 0 Å². The van der Waals surface area contributed by atoms with Crippen LogP contribution in [-0.4, -0.2) is 34.0 Å². The van der Waals surface area contributed by atoms with E-state index in [2.05, 4.69) is 26.4 Å². The van der Waals surface area contributed by atoms with Gasteiger partial charge in [0.25, 0.3) is 17.4 Å². The van der Waals surface area contributed by atoms with Gasteiger partial charge in [0, 0.05) is 11.8 Å². The van der Waals surface area contributed by atoms with Crippen molar-refractivity contribution in [3.63, 3.8) is 0 Å². The molecule has 0 aliphatic carbocycles. The molecule has 0 saturated carbocycles. The van der Waals surface area contributed by atoms with E-state index in [4.69, 9.17) is 0 Å². The van der Waals surface area contributed by atoms with Crippen LogP contribution in [-0.2, 0) is 9.59 Å². The number of nitrogens with zero attached hydrogens (tertiary/aromatic N) is 1. The highest BCUT2D eigenvalue weighted by Gasteiger charge is 2.27. The number of rotatable bonds is 2. The summed E-state index contributed by atoms with van der Waals surface area (Å²) in [6.45, 7) is 0. The molecule has 3 amide bonds. The number of fused-ring (bicyclic) bond motifs is 1. The fourth-order valence-electron chi connectivity index (χ4n) is 2.36. The Morgan fingerprint density at radius 3 is 2.57 bits per heavy atom. The van der Waals surface area contributed by atoms with Gasteiger partial charge in [-0.15, -0.1) is 0 Å². The largest absolute Gasteiger partial charge is 0.344 e. The van der Waals surface area contributed by atoms with Crippen molar-refractivity contribution in [2.45, 2.75) is 18.9 Å². The van der Waals surface area contributed by atoms with Gasteiger partial charge < -0.3 is 5.32 Å². The Labute approximate surface area is 129 Å². The van der Waals surface area contributed by atoms with E-state index in [0.29, 0.717) is 17.2 Å². The van der Waals surface area contributed by atoms with Crippen molar-refractivity contribution in [2.24, 2.45) is 0 Å². The molecule has 1 fully saturated rings. The van der Waals surface area contributed by atoms with E-state index in [1.54, 1.807) is 24.3 Å². The van der Waals surface area contributed by atoms with Crippen molar-refractivity contribution in [1.29, 1.82) is 0 Å². The maximum absolute atomic E-state index is 12.2. The van der Waals surface area contributed by atoms with Crippen LogP contribution in [0.1, 0.15) is 23.3 Å². The van der Waals surface area contributed by atoms with Crippen molar-refractivity contribution in [3.8, 4) is 0 Å². The zero-order valence-corrected chi connectivity index (χ0v) is 11.9. The number of hydrogen-bond acceptors (Lipinski definition) is 5. The van der Waals surface area contributed by atoms with Crippen molar-refractivity contribution < 1.29 is 14.4 Å². The highest BCUT2D eigenvalue weighted by Crippen LogP contribution is 2.12. The molecule has 118 valence electrons. The topological polar surface area (TPSA) is 133 Å². The molecule has 1 saturated heterocycles. The van der Waals surface area contributed by atoms with Gasteiger partial charge >= 0.3 is 0 Å². The molecule has 0 bridgehead atoms. The average Bonchev–Trinajstić information content (AvgIpc) is 2.99. The van der Waals surface area contributed by atoms with Crippen LogP contribution in [0.3, 0.4) is 0 Å². The van der Waals surface area contributed by atoms with Gasteiger partial charge in [-0.1, -0.05) is 18.2 Å². The van der Waals surface area contributed by atoms with Crippen LogP contribution in [0.25, 0.3) is 10.8 Å². The summed E-state index contributed by atoms with van der Waals surface area (Å²) >= 11 is 0. The molecular formula is C14H13N5O4. The van der Waals surface area contributed by atoms with Crippen LogP contribution in [0, 0.1) is 0 Å². The third kappa shape index (κ3) is 2.89.